The zero-order chi connectivity index (χ0) is 14.7. The smallest absolute Gasteiger partial charge is 0.274 e. The van der Waals surface area contributed by atoms with E-state index in [9.17, 15) is 9.59 Å². The van der Waals surface area contributed by atoms with Crippen LogP contribution in [0.25, 0.3) is 0 Å². The maximum atomic E-state index is 12.2. The lowest BCUT2D eigenvalue weighted by Crippen LogP contribution is -2.32. The van der Waals surface area contributed by atoms with Crippen molar-refractivity contribution >= 4 is 5.91 Å². The molecule has 0 aliphatic carbocycles. The van der Waals surface area contributed by atoms with Crippen LogP contribution in [0.5, 0.6) is 5.88 Å². The lowest BCUT2D eigenvalue weighted by molar-refractivity contribution is 0.0764. The number of H-pyrrole nitrogens is 1. The predicted molar refractivity (Wildman–Crippen MR) is 71.8 cm³/mol. The van der Waals surface area contributed by atoms with Gasteiger partial charge in [-0.1, -0.05) is 0 Å². The first kappa shape index (κ1) is 13.2. The number of rotatable bonds is 3. The Labute approximate surface area is 119 Å². The van der Waals surface area contributed by atoms with Crippen LogP contribution in [0.2, 0.25) is 0 Å². The summed E-state index contributed by atoms with van der Waals surface area (Å²) in [4.78, 5) is 24.8. The van der Waals surface area contributed by atoms with Crippen molar-refractivity contribution in [3.05, 3.63) is 46.5 Å². The number of aromatic nitrogens is 4. The summed E-state index contributed by atoms with van der Waals surface area (Å²) in [5.41, 5.74) is -0.119. The Balaban J connectivity index is 1.63. The summed E-state index contributed by atoms with van der Waals surface area (Å²) in [6.45, 7) is 1.03. The normalized spacial score (nSPS) is 17.7. The number of carbonyl (C=O) groups excluding carboxylic acids is 1. The molecule has 1 saturated heterocycles. The Hall–Kier alpha value is -2.77. The van der Waals surface area contributed by atoms with Crippen LogP contribution in [0.15, 0.2) is 35.3 Å². The molecule has 21 heavy (non-hydrogen) atoms. The molecule has 1 amide bonds. The fraction of sp³-hybridized carbons (Fsp3) is 0.308. The molecule has 1 aliphatic heterocycles. The van der Waals surface area contributed by atoms with Crippen molar-refractivity contribution < 1.29 is 9.53 Å². The van der Waals surface area contributed by atoms with Crippen LogP contribution < -0.4 is 10.3 Å². The van der Waals surface area contributed by atoms with Gasteiger partial charge in [-0.05, 0) is 12.1 Å². The first-order valence-corrected chi connectivity index (χ1v) is 6.52. The quantitative estimate of drug-likeness (QED) is 0.842. The third-order valence-corrected chi connectivity index (χ3v) is 3.17. The van der Waals surface area contributed by atoms with E-state index >= 15 is 0 Å². The molecule has 1 fully saturated rings. The van der Waals surface area contributed by atoms with Crippen molar-refractivity contribution in [2.75, 3.05) is 13.1 Å². The number of nitrogens with zero attached hydrogens (tertiary/aromatic N) is 4. The molecule has 3 rings (SSSR count). The first-order chi connectivity index (χ1) is 10.2. The van der Waals surface area contributed by atoms with Crippen LogP contribution in [0.4, 0.5) is 0 Å². The molecule has 1 aliphatic rings. The third-order valence-electron chi connectivity index (χ3n) is 3.17. The van der Waals surface area contributed by atoms with Gasteiger partial charge >= 0.3 is 0 Å². The van der Waals surface area contributed by atoms with E-state index in [1.807, 2.05) is 0 Å². The van der Waals surface area contributed by atoms with E-state index in [1.165, 1.54) is 12.1 Å². The number of carbonyl (C=O) groups is 1. The predicted octanol–water partition coefficient (Wildman–Crippen LogP) is -0.147. The second-order valence-corrected chi connectivity index (χ2v) is 4.65. The number of aromatic amines is 1. The highest BCUT2D eigenvalue weighted by molar-refractivity contribution is 5.92. The molecule has 1 unspecified atom stereocenters. The fourth-order valence-corrected chi connectivity index (χ4v) is 2.16. The van der Waals surface area contributed by atoms with Gasteiger partial charge in [0.1, 0.15) is 11.8 Å². The summed E-state index contributed by atoms with van der Waals surface area (Å²) < 4.78 is 5.66. The Bertz CT molecular complexity index is 667. The maximum absolute atomic E-state index is 12.2. The van der Waals surface area contributed by atoms with E-state index in [2.05, 4.69) is 20.4 Å². The molecule has 3 heterocycles. The van der Waals surface area contributed by atoms with Gasteiger partial charge in [0.2, 0.25) is 5.88 Å². The number of hydrogen-bond donors (Lipinski definition) is 1. The van der Waals surface area contributed by atoms with E-state index in [0.29, 0.717) is 25.4 Å². The molecule has 1 N–H and O–H groups in total. The van der Waals surface area contributed by atoms with Crippen molar-refractivity contribution in [1.82, 2.24) is 25.3 Å². The average molecular weight is 287 g/mol. The minimum Gasteiger partial charge on any atom is -0.471 e. The molecule has 108 valence electrons. The van der Waals surface area contributed by atoms with Crippen LogP contribution in [0.1, 0.15) is 16.9 Å². The third kappa shape index (κ3) is 3.04. The SMILES string of the molecule is O=C(c1ccc(=O)[nH]n1)N1CCC(Oc2cccnn2)C1. The van der Waals surface area contributed by atoms with Gasteiger partial charge in [0, 0.05) is 31.3 Å². The van der Waals surface area contributed by atoms with Crippen LogP contribution in [-0.2, 0) is 0 Å². The van der Waals surface area contributed by atoms with Crippen molar-refractivity contribution in [3.8, 4) is 5.88 Å². The summed E-state index contributed by atoms with van der Waals surface area (Å²) in [5, 5.41) is 13.6. The minimum atomic E-state index is -0.336. The van der Waals surface area contributed by atoms with E-state index in [-0.39, 0.29) is 23.3 Å². The molecule has 2 aromatic heterocycles. The summed E-state index contributed by atoms with van der Waals surface area (Å²) in [6, 6.07) is 6.16. The van der Waals surface area contributed by atoms with E-state index < -0.39 is 0 Å². The Morgan fingerprint density at radius 2 is 2.29 bits per heavy atom. The van der Waals surface area contributed by atoms with E-state index in [4.69, 9.17) is 4.74 Å². The van der Waals surface area contributed by atoms with Gasteiger partial charge in [0.05, 0.1) is 6.54 Å². The van der Waals surface area contributed by atoms with Gasteiger partial charge < -0.3 is 9.64 Å². The summed E-state index contributed by atoms with van der Waals surface area (Å²) in [5.74, 6) is 0.218. The summed E-state index contributed by atoms with van der Waals surface area (Å²) in [6.07, 6.45) is 2.17. The minimum absolute atomic E-state index is 0.117. The highest BCUT2D eigenvalue weighted by Crippen LogP contribution is 2.17. The van der Waals surface area contributed by atoms with Crippen molar-refractivity contribution in [1.29, 1.82) is 0 Å². The zero-order valence-electron chi connectivity index (χ0n) is 11.1. The number of hydrogen-bond acceptors (Lipinski definition) is 6. The molecule has 2 aromatic rings. The molecule has 0 radical (unpaired) electrons. The Morgan fingerprint density at radius 1 is 1.38 bits per heavy atom. The van der Waals surface area contributed by atoms with E-state index in [0.717, 1.165) is 0 Å². The molecular weight excluding hydrogens is 274 g/mol. The fourth-order valence-electron chi connectivity index (χ4n) is 2.16. The molecule has 0 bridgehead atoms. The van der Waals surface area contributed by atoms with Crippen molar-refractivity contribution in [2.24, 2.45) is 0 Å². The molecular formula is C13H13N5O3. The van der Waals surface area contributed by atoms with Gasteiger partial charge in [-0.2, -0.15) is 10.2 Å². The first-order valence-electron chi connectivity index (χ1n) is 6.52. The lowest BCUT2D eigenvalue weighted by atomic mass is 10.3. The monoisotopic (exact) mass is 287 g/mol. The van der Waals surface area contributed by atoms with Crippen LogP contribution in [0.3, 0.4) is 0 Å². The number of amides is 1. The lowest BCUT2D eigenvalue weighted by Gasteiger charge is -2.16. The highest BCUT2D eigenvalue weighted by atomic mass is 16.5. The average Bonchev–Trinajstić information content (AvgIpc) is 2.97. The topological polar surface area (TPSA) is 101 Å². The van der Waals surface area contributed by atoms with Gasteiger partial charge in [0.25, 0.3) is 11.5 Å². The van der Waals surface area contributed by atoms with Crippen LogP contribution in [0, 0.1) is 0 Å². The largest absolute Gasteiger partial charge is 0.471 e. The second-order valence-electron chi connectivity index (χ2n) is 4.65. The maximum Gasteiger partial charge on any atom is 0.274 e. The number of ether oxygens (including phenoxy) is 1. The molecule has 0 saturated carbocycles. The number of nitrogens with one attached hydrogen (secondary N) is 1. The molecule has 0 aromatic carbocycles. The second kappa shape index (κ2) is 5.70. The van der Waals surface area contributed by atoms with Crippen LogP contribution >= 0.6 is 0 Å². The van der Waals surface area contributed by atoms with E-state index in [1.54, 1.807) is 23.2 Å². The summed E-state index contributed by atoms with van der Waals surface area (Å²) >= 11 is 0. The van der Waals surface area contributed by atoms with Gasteiger partial charge in [0.15, 0.2) is 0 Å². The van der Waals surface area contributed by atoms with Crippen molar-refractivity contribution in [3.63, 3.8) is 0 Å². The molecule has 8 heteroatoms. The Morgan fingerprint density at radius 3 is 3.00 bits per heavy atom. The zero-order valence-corrected chi connectivity index (χ0v) is 11.1. The van der Waals surface area contributed by atoms with Crippen molar-refractivity contribution in [2.45, 2.75) is 12.5 Å². The van der Waals surface area contributed by atoms with Gasteiger partial charge in [-0.3, -0.25) is 9.59 Å². The van der Waals surface area contributed by atoms with Gasteiger partial charge in [-0.15, -0.1) is 5.10 Å². The molecule has 8 nitrogen and oxygen atoms in total. The summed E-state index contributed by atoms with van der Waals surface area (Å²) in [7, 11) is 0. The number of likely N-dealkylation sites (tertiary alicyclic amines) is 1. The van der Waals surface area contributed by atoms with Crippen LogP contribution in [-0.4, -0.2) is 50.4 Å². The van der Waals surface area contributed by atoms with Gasteiger partial charge in [-0.25, -0.2) is 5.10 Å². The molecule has 0 spiro atoms. The highest BCUT2D eigenvalue weighted by Gasteiger charge is 2.29. The molecule has 1 atom stereocenters. The Kier molecular flexibility index (Phi) is 3.59. The standard InChI is InChI=1S/C13H13N5O3/c19-11-4-3-10(15-16-11)13(20)18-7-5-9(8-18)21-12-2-1-6-14-17-12/h1-4,6,9H,5,7-8H2,(H,16,19).